The van der Waals surface area contributed by atoms with Crippen LogP contribution in [0.2, 0.25) is 0 Å². The Morgan fingerprint density at radius 3 is 2.58 bits per heavy atom. The maximum atomic E-state index is 14.9. The number of hydrogen-bond donors (Lipinski definition) is 4. The van der Waals surface area contributed by atoms with Gasteiger partial charge in [-0.15, -0.1) is 0 Å². The summed E-state index contributed by atoms with van der Waals surface area (Å²) in [6.45, 7) is 3.75. The second-order valence-electron chi connectivity index (χ2n) is 8.38. The van der Waals surface area contributed by atoms with Crippen molar-refractivity contribution in [2.24, 2.45) is 5.73 Å². The molecule has 1 aromatic carbocycles. The molecule has 1 aromatic heterocycles. The molecule has 198 valence electrons. The summed E-state index contributed by atoms with van der Waals surface area (Å²) in [6, 6.07) is 7.64. The van der Waals surface area contributed by atoms with Crippen molar-refractivity contribution < 1.29 is 37.4 Å². The summed E-state index contributed by atoms with van der Waals surface area (Å²) in [5.74, 6) is -0.635. The van der Waals surface area contributed by atoms with E-state index < -0.39 is 67.9 Å². The van der Waals surface area contributed by atoms with Crippen LogP contribution >= 0.6 is 7.75 Å². The van der Waals surface area contributed by atoms with Crippen LogP contribution in [0.15, 0.2) is 52.2 Å². The van der Waals surface area contributed by atoms with Crippen molar-refractivity contribution in [3.8, 4) is 5.75 Å². The third-order valence-electron chi connectivity index (χ3n) is 5.03. The molecule has 1 aliphatic rings. The number of nitrogens with two attached hydrogens (primary N) is 1. The Balaban J connectivity index is 1.81. The molecule has 0 amide bonds. The molecule has 15 heteroatoms. The van der Waals surface area contributed by atoms with Gasteiger partial charge in [0.1, 0.15) is 24.5 Å². The Morgan fingerprint density at radius 2 is 1.97 bits per heavy atom. The van der Waals surface area contributed by atoms with Crippen LogP contribution in [0.4, 0.5) is 4.39 Å². The van der Waals surface area contributed by atoms with Gasteiger partial charge in [0.15, 0.2) is 18.1 Å². The van der Waals surface area contributed by atoms with Crippen molar-refractivity contribution in [1.29, 1.82) is 0 Å². The molecule has 36 heavy (non-hydrogen) atoms. The number of carbonyl (C=O) groups is 1. The van der Waals surface area contributed by atoms with Crippen LogP contribution in [0.5, 0.6) is 5.75 Å². The smallest absolute Gasteiger partial charge is 0.459 e. The quantitative estimate of drug-likeness (QED) is 0.248. The van der Waals surface area contributed by atoms with E-state index in [1.165, 1.54) is 19.1 Å². The standard InChI is InChI=1S/C21H28FN4O9P/c1-12(2)33-19(29)13(3)25-36(31,35-14-7-5-4-6-8-14)32-11-21(23)17(28)16(22)18(34-21)26-10-9-15(27)24-20(26)30/h4-10,12-13,16-18,28H,11,23H2,1-3H3,(H,25,31)(H,24,27,30)/t13?,16-,17-,18+,21+,36?/m0/s1. The highest BCUT2D eigenvalue weighted by molar-refractivity contribution is 7.52. The van der Waals surface area contributed by atoms with Gasteiger partial charge in [-0.25, -0.2) is 13.8 Å². The van der Waals surface area contributed by atoms with Gasteiger partial charge in [0, 0.05) is 12.3 Å². The molecule has 1 aliphatic heterocycles. The molecular formula is C21H28FN4O9P. The highest BCUT2D eigenvalue weighted by Gasteiger charge is 2.55. The van der Waals surface area contributed by atoms with E-state index in [9.17, 15) is 28.4 Å². The molecule has 13 nitrogen and oxygen atoms in total. The summed E-state index contributed by atoms with van der Waals surface area (Å²) in [5, 5.41) is 12.9. The summed E-state index contributed by atoms with van der Waals surface area (Å²) in [6.07, 6.45) is -5.44. The number of ether oxygens (including phenoxy) is 2. The Hall–Kier alpha value is -2.87. The third-order valence-corrected chi connectivity index (χ3v) is 6.65. The summed E-state index contributed by atoms with van der Waals surface area (Å²) >= 11 is 0. The van der Waals surface area contributed by atoms with E-state index >= 15 is 0 Å². The average Bonchev–Trinajstić information content (AvgIpc) is 3.02. The first-order valence-corrected chi connectivity index (χ1v) is 12.5. The third kappa shape index (κ3) is 6.46. The molecule has 2 heterocycles. The lowest BCUT2D eigenvalue weighted by Crippen LogP contribution is -2.54. The first kappa shape index (κ1) is 27.7. The largest absolute Gasteiger partial charge is 0.462 e. The topological polar surface area (TPSA) is 184 Å². The minimum atomic E-state index is -4.40. The maximum absolute atomic E-state index is 14.9. The van der Waals surface area contributed by atoms with E-state index in [1.807, 2.05) is 4.98 Å². The Morgan fingerprint density at radius 1 is 1.31 bits per heavy atom. The number of nitrogens with zero attached hydrogens (tertiary/aromatic N) is 1. The van der Waals surface area contributed by atoms with Crippen LogP contribution in [-0.4, -0.2) is 57.4 Å². The zero-order chi connectivity index (χ0) is 26.7. The van der Waals surface area contributed by atoms with E-state index in [2.05, 4.69) is 5.09 Å². The van der Waals surface area contributed by atoms with Gasteiger partial charge in [0.25, 0.3) is 5.56 Å². The number of aromatic amines is 1. The number of aliphatic hydroxyl groups excluding tert-OH is 1. The molecule has 0 aliphatic carbocycles. The van der Waals surface area contributed by atoms with Gasteiger partial charge in [-0.3, -0.25) is 29.4 Å². The predicted octanol–water partition coefficient (Wildman–Crippen LogP) is 0.553. The molecule has 2 unspecified atom stereocenters. The monoisotopic (exact) mass is 530 g/mol. The van der Waals surface area contributed by atoms with Crippen molar-refractivity contribution in [3.05, 3.63) is 63.4 Å². The zero-order valence-corrected chi connectivity index (χ0v) is 20.6. The van der Waals surface area contributed by atoms with Gasteiger partial charge >= 0.3 is 19.4 Å². The zero-order valence-electron chi connectivity index (χ0n) is 19.7. The van der Waals surface area contributed by atoms with Crippen LogP contribution in [0, 0.1) is 0 Å². The van der Waals surface area contributed by atoms with Gasteiger partial charge in [-0.05, 0) is 32.9 Å². The molecule has 0 radical (unpaired) electrons. The van der Waals surface area contributed by atoms with Crippen LogP contribution < -0.4 is 26.6 Å². The van der Waals surface area contributed by atoms with E-state index in [-0.39, 0.29) is 5.75 Å². The van der Waals surface area contributed by atoms with Crippen LogP contribution in [0.25, 0.3) is 0 Å². The summed E-state index contributed by atoms with van der Waals surface area (Å²) in [5.41, 5.74) is 2.03. The predicted molar refractivity (Wildman–Crippen MR) is 124 cm³/mol. The second kappa shape index (κ2) is 11.0. The molecule has 5 N–H and O–H groups in total. The summed E-state index contributed by atoms with van der Waals surface area (Å²) in [7, 11) is -4.40. The number of benzene rings is 1. The number of alkyl halides is 1. The Kier molecular flexibility index (Phi) is 8.49. The number of aromatic nitrogens is 2. The number of halogens is 1. The fourth-order valence-electron chi connectivity index (χ4n) is 3.26. The highest BCUT2D eigenvalue weighted by Crippen LogP contribution is 2.47. The van der Waals surface area contributed by atoms with E-state index in [4.69, 9.17) is 24.3 Å². The number of rotatable bonds is 10. The number of para-hydroxylation sites is 1. The van der Waals surface area contributed by atoms with Gasteiger partial charge in [-0.2, -0.15) is 5.09 Å². The molecule has 6 atom stereocenters. The molecule has 3 rings (SSSR count). The van der Waals surface area contributed by atoms with Crippen molar-refractivity contribution in [2.45, 2.75) is 57.1 Å². The van der Waals surface area contributed by atoms with Gasteiger partial charge < -0.3 is 19.1 Å². The number of aliphatic hydroxyl groups is 1. The van der Waals surface area contributed by atoms with E-state index in [0.717, 1.165) is 12.3 Å². The van der Waals surface area contributed by atoms with Gasteiger partial charge in [0.2, 0.25) is 0 Å². The minimum absolute atomic E-state index is 0.109. The first-order chi connectivity index (χ1) is 16.8. The normalized spacial score (nSPS) is 26.4. The Labute approximate surface area is 204 Å². The minimum Gasteiger partial charge on any atom is -0.462 e. The molecule has 0 bridgehead atoms. The lowest BCUT2D eigenvalue weighted by molar-refractivity contribution is -0.149. The van der Waals surface area contributed by atoms with E-state index in [0.29, 0.717) is 4.57 Å². The first-order valence-electron chi connectivity index (χ1n) is 10.9. The Bertz CT molecular complexity index is 1220. The average molecular weight is 530 g/mol. The van der Waals surface area contributed by atoms with Crippen molar-refractivity contribution in [3.63, 3.8) is 0 Å². The SMILES string of the molecule is CC(C)OC(=O)C(C)NP(=O)(OC[C@@]1(N)O[C@@H](n2ccc(=O)[nH]c2=O)[C@@H](F)[C@@H]1O)Oc1ccccc1. The molecule has 1 saturated heterocycles. The fraction of sp³-hybridized carbons (Fsp3) is 0.476. The highest BCUT2D eigenvalue weighted by atomic mass is 31.2. The van der Waals surface area contributed by atoms with Gasteiger partial charge in [-0.1, -0.05) is 18.2 Å². The number of nitrogens with one attached hydrogen (secondary N) is 2. The maximum Gasteiger partial charge on any atom is 0.459 e. The number of hydrogen-bond acceptors (Lipinski definition) is 10. The number of esters is 1. The second-order valence-corrected chi connectivity index (χ2v) is 10.1. The lowest BCUT2D eigenvalue weighted by Gasteiger charge is -2.30. The van der Waals surface area contributed by atoms with Crippen molar-refractivity contribution in [1.82, 2.24) is 14.6 Å². The van der Waals surface area contributed by atoms with Crippen LogP contribution in [0.1, 0.15) is 27.0 Å². The van der Waals surface area contributed by atoms with Crippen molar-refractivity contribution in [2.75, 3.05) is 6.61 Å². The number of carbonyl (C=O) groups excluding carboxylic acids is 1. The fourth-order valence-corrected chi connectivity index (χ4v) is 4.79. The molecule has 1 fully saturated rings. The van der Waals surface area contributed by atoms with Crippen molar-refractivity contribution >= 4 is 13.7 Å². The van der Waals surface area contributed by atoms with E-state index in [1.54, 1.807) is 32.0 Å². The molecule has 2 aromatic rings. The summed E-state index contributed by atoms with van der Waals surface area (Å²) < 4.78 is 50.5. The summed E-state index contributed by atoms with van der Waals surface area (Å²) in [4.78, 5) is 37.6. The molecular weight excluding hydrogens is 502 g/mol. The number of H-pyrrole nitrogens is 1. The molecule has 0 saturated carbocycles. The lowest BCUT2D eigenvalue weighted by atomic mass is 10.1. The van der Waals surface area contributed by atoms with Gasteiger partial charge in [0.05, 0.1) is 6.10 Å². The van der Waals surface area contributed by atoms with Crippen LogP contribution in [0.3, 0.4) is 0 Å². The van der Waals surface area contributed by atoms with Crippen LogP contribution in [-0.2, 0) is 23.4 Å². The molecule has 0 spiro atoms.